The predicted octanol–water partition coefficient (Wildman–Crippen LogP) is -1.40. The van der Waals surface area contributed by atoms with Crippen molar-refractivity contribution >= 4 is 8.07 Å². The summed E-state index contributed by atoms with van der Waals surface area (Å²) >= 11 is 0. The van der Waals surface area contributed by atoms with E-state index in [1.165, 1.54) is 12.8 Å². The van der Waals surface area contributed by atoms with Gasteiger partial charge in [-0.2, -0.15) is 6.08 Å². The van der Waals surface area contributed by atoms with Gasteiger partial charge in [-0.25, -0.2) is 12.2 Å². The Balaban J connectivity index is 0. The van der Waals surface area contributed by atoms with Crippen LogP contribution >= 0.6 is 0 Å². The van der Waals surface area contributed by atoms with Crippen LogP contribution in [0.25, 0.3) is 0 Å². The van der Waals surface area contributed by atoms with Crippen LogP contribution in [0.3, 0.4) is 0 Å². The average Bonchev–Trinajstić information content (AvgIpc) is 2.87. The van der Waals surface area contributed by atoms with E-state index in [0.29, 0.717) is 0 Å². The predicted molar refractivity (Wildman–Crippen MR) is 73.9 cm³/mol. The van der Waals surface area contributed by atoms with Crippen molar-refractivity contribution in [2.75, 3.05) is 0 Å². The van der Waals surface area contributed by atoms with Crippen LogP contribution in [0.1, 0.15) is 26.2 Å². The Labute approximate surface area is 150 Å². The second-order valence-corrected chi connectivity index (χ2v) is 9.97. The third-order valence-electron chi connectivity index (χ3n) is 3.79. The van der Waals surface area contributed by atoms with Gasteiger partial charge in [0.2, 0.25) is 0 Å². The number of halogens is 2. The van der Waals surface area contributed by atoms with E-state index < -0.39 is 8.07 Å². The molecule has 1 aliphatic heterocycles. The van der Waals surface area contributed by atoms with Crippen molar-refractivity contribution in [1.82, 2.24) is 0 Å². The van der Waals surface area contributed by atoms with Crippen molar-refractivity contribution in [1.29, 1.82) is 0 Å². The maximum absolute atomic E-state index is 2.99. The van der Waals surface area contributed by atoms with E-state index in [-0.39, 0.29) is 50.7 Å². The number of hydrogen-bond donors (Lipinski definition) is 0. The van der Waals surface area contributed by atoms with Crippen LogP contribution in [0.2, 0.25) is 18.6 Å². The van der Waals surface area contributed by atoms with Crippen molar-refractivity contribution in [2.24, 2.45) is 0 Å². The number of hydrogen-bond acceptors (Lipinski definition) is 0. The molecule has 1 saturated heterocycles. The molecule has 1 heterocycles. The third kappa shape index (κ3) is 6.28. The van der Waals surface area contributed by atoms with Crippen LogP contribution in [-0.4, -0.2) is 8.07 Å². The van der Waals surface area contributed by atoms with Gasteiger partial charge in [-0.15, -0.1) is 6.42 Å². The van der Waals surface area contributed by atoms with Gasteiger partial charge in [0.25, 0.3) is 0 Å². The Bertz CT molecular complexity index is 370. The van der Waals surface area contributed by atoms with E-state index >= 15 is 0 Å². The average molecular weight is 479 g/mol. The molecule has 3 rings (SSSR count). The zero-order valence-electron chi connectivity index (χ0n) is 11.7. The maximum Gasteiger partial charge on any atom is 0.0832 e. The molecule has 0 saturated carbocycles. The van der Waals surface area contributed by atoms with Gasteiger partial charge in [0.1, 0.15) is 0 Å². The monoisotopic (exact) mass is 479 g/mol. The molecule has 2 aliphatic carbocycles. The summed E-state index contributed by atoms with van der Waals surface area (Å²) in [5, 5.41) is 1.75. The first-order valence-electron chi connectivity index (χ1n) is 6.30. The van der Waals surface area contributed by atoms with Crippen LogP contribution in [0.5, 0.6) is 0 Å². The van der Waals surface area contributed by atoms with Crippen LogP contribution in [0.15, 0.2) is 41.1 Å². The summed E-state index contributed by atoms with van der Waals surface area (Å²) in [5.41, 5.74) is 1.57. The number of allylic oxidation sites excluding steroid dienone is 8. The van der Waals surface area contributed by atoms with E-state index in [1.807, 2.05) is 12.2 Å². The van der Waals surface area contributed by atoms with E-state index in [4.69, 9.17) is 0 Å². The van der Waals surface area contributed by atoms with Crippen LogP contribution in [0, 0.1) is 6.08 Å². The summed E-state index contributed by atoms with van der Waals surface area (Å²) in [5.74, 6) is 0. The zero-order valence-corrected chi connectivity index (χ0v) is 17.8. The van der Waals surface area contributed by atoms with Crippen molar-refractivity contribution in [3.63, 3.8) is 0 Å². The molecule has 19 heavy (non-hydrogen) atoms. The van der Waals surface area contributed by atoms with Crippen LogP contribution < -0.4 is 24.8 Å². The molecule has 0 N–H and O–H groups in total. The minimum Gasteiger partial charge on any atom is -1.00 e. The van der Waals surface area contributed by atoms with E-state index in [1.54, 1.807) is 22.9 Å². The molecular weight excluding hydrogens is 458 g/mol. The van der Waals surface area contributed by atoms with Gasteiger partial charge in [0, 0.05) is 25.8 Å². The Hall–Kier alpha value is 0.627. The summed E-state index contributed by atoms with van der Waals surface area (Å²) in [6.45, 7) is 4.79. The summed E-state index contributed by atoms with van der Waals surface area (Å²) < 4.78 is 0. The minimum absolute atomic E-state index is 0. The smallest absolute Gasteiger partial charge is 0.0832 e. The van der Waals surface area contributed by atoms with E-state index in [2.05, 4.69) is 37.8 Å². The molecule has 0 nitrogen and oxygen atoms in total. The van der Waals surface area contributed by atoms with Crippen molar-refractivity contribution in [3.05, 3.63) is 47.2 Å². The normalized spacial score (nSPS) is 20.5. The molecular formula is C15H21Cl2HfSi-3. The minimum atomic E-state index is -0.821. The Morgan fingerprint density at radius 3 is 2.16 bits per heavy atom. The molecule has 0 spiro atoms. The molecule has 0 aromatic carbocycles. The molecule has 106 valence electrons. The Morgan fingerprint density at radius 2 is 1.89 bits per heavy atom. The SMILES string of the molecule is CC1=CC([Si]2(C)CCC2)=CC1.[C-]1=CC=CC1.[Cl-].[Cl-].[Hf]. The Kier molecular flexibility index (Phi) is 12.0. The van der Waals surface area contributed by atoms with Gasteiger partial charge >= 0.3 is 0 Å². The first-order valence-corrected chi connectivity index (χ1v) is 9.22. The van der Waals surface area contributed by atoms with E-state index in [0.717, 1.165) is 6.42 Å². The molecule has 0 bridgehead atoms. The van der Waals surface area contributed by atoms with Gasteiger partial charge in [0.05, 0.1) is 8.07 Å². The van der Waals surface area contributed by atoms with Crippen LogP contribution in [-0.2, 0) is 25.8 Å². The number of rotatable bonds is 1. The Morgan fingerprint density at radius 1 is 1.21 bits per heavy atom. The molecule has 0 aromatic rings. The molecule has 3 aliphatic rings. The molecule has 4 heteroatoms. The van der Waals surface area contributed by atoms with Crippen LogP contribution in [0.4, 0.5) is 0 Å². The summed E-state index contributed by atoms with van der Waals surface area (Å²) in [7, 11) is -0.821. The second kappa shape index (κ2) is 10.4. The molecule has 0 amide bonds. The van der Waals surface area contributed by atoms with Gasteiger partial charge in [-0.05, 0) is 13.3 Å². The summed E-state index contributed by atoms with van der Waals surface area (Å²) in [4.78, 5) is 0. The standard InChI is InChI=1S/C10H16Si.C5H5.2ClH.Hf/c1-9-4-5-10(8-9)11(2)6-3-7-11;1-2-4-5-3-1;;;/h5,8H,3-4,6-7H2,1-2H3;1-3H,4H2;2*1H;/q;-1;;;/p-2. The molecule has 0 radical (unpaired) electrons. The topological polar surface area (TPSA) is 0 Å². The molecule has 0 aromatic heterocycles. The van der Waals surface area contributed by atoms with Gasteiger partial charge < -0.3 is 24.8 Å². The first-order chi connectivity index (χ1) is 7.71. The van der Waals surface area contributed by atoms with Crippen molar-refractivity contribution in [3.8, 4) is 0 Å². The van der Waals surface area contributed by atoms with Gasteiger partial charge in [-0.3, -0.25) is 6.08 Å². The second-order valence-electron chi connectivity index (χ2n) is 5.27. The third-order valence-corrected chi connectivity index (χ3v) is 8.44. The first kappa shape index (κ1) is 21.9. The largest absolute Gasteiger partial charge is 1.00 e. The zero-order chi connectivity index (χ0) is 11.4. The molecule has 1 fully saturated rings. The van der Waals surface area contributed by atoms with Crippen molar-refractivity contribution in [2.45, 2.75) is 44.8 Å². The van der Waals surface area contributed by atoms with Gasteiger partial charge in [0.15, 0.2) is 0 Å². The molecule has 0 unspecified atom stereocenters. The summed E-state index contributed by atoms with van der Waals surface area (Å²) in [6, 6.07) is 3.09. The quantitative estimate of drug-likeness (QED) is 0.321. The van der Waals surface area contributed by atoms with Gasteiger partial charge in [-0.1, -0.05) is 48.0 Å². The fourth-order valence-electron chi connectivity index (χ4n) is 2.41. The molecule has 0 atom stereocenters. The van der Waals surface area contributed by atoms with E-state index in [9.17, 15) is 0 Å². The maximum atomic E-state index is 2.99. The fourth-order valence-corrected chi connectivity index (χ4v) is 5.59. The van der Waals surface area contributed by atoms with Crippen molar-refractivity contribution < 1.29 is 50.7 Å². The fraction of sp³-hybridized carbons (Fsp3) is 0.467. The summed E-state index contributed by atoms with van der Waals surface area (Å²) in [6.07, 6.45) is 17.6.